The Morgan fingerprint density at radius 1 is 1.12 bits per heavy atom. The first kappa shape index (κ1) is 18.4. The fourth-order valence-corrected chi connectivity index (χ4v) is 3.89. The molecule has 0 radical (unpaired) electrons. The largest absolute Gasteiger partial charge is 0.463 e. The quantitative estimate of drug-likeness (QED) is 0.747. The predicted octanol–water partition coefficient (Wildman–Crippen LogP) is 1.63. The van der Waals surface area contributed by atoms with E-state index >= 15 is 0 Å². The van der Waals surface area contributed by atoms with E-state index in [9.17, 15) is 14.4 Å². The molecule has 3 rings (SSSR count). The monoisotopic (exact) mass is 359 g/mol. The van der Waals surface area contributed by atoms with Gasteiger partial charge in [0.25, 0.3) is 5.91 Å². The summed E-state index contributed by atoms with van der Waals surface area (Å²) in [5, 5.41) is 0. The second-order valence-electron chi connectivity index (χ2n) is 7.07. The van der Waals surface area contributed by atoms with Crippen molar-refractivity contribution in [3.63, 3.8) is 0 Å². The maximum atomic E-state index is 13.0. The molecule has 7 heteroatoms. The number of pyridine rings is 1. The van der Waals surface area contributed by atoms with Gasteiger partial charge in [0.1, 0.15) is 6.61 Å². The third kappa shape index (κ3) is 3.86. The molecule has 2 amide bonds. The number of amides is 2. The summed E-state index contributed by atoms with van der Waals surface area (Å²) in [4.78, 5) is 44.8. The Labute approximate surface area is 153 Å². The van der Waals surface area contributed by atoms with Gasteiger partial charge in [-0.05, 0) is 37.8 Å². The van der Waals surface area contributed by atoms with Gasteiger partial charge in [-0.3, -0.25) is 19.4 Å². The number of hydrogen-bond donors (Lipinski definition) is 0. The topological polar surface area (TPSA) is 79.8 Å². The third-order valence-electron chi connectivity index (χ3n) is 5.25. The van der Waals surface area contributed by atoms with Crippen LogP contribution in [0.15, 0.2) is 24.5 Å². The van der Waals surface area contributed by atoms with E-state index in [2.05, 4.69) is 4.98 Å². The fraction of sp³-hybridized carbons (Fsp3) is 0.579. The number of carbonyl (C=O) groups excluding carboxylic acids is 3. The Morgan fingerprint density at radius 2 is 1.81 bits per heavy atom. The highest BCUT2D eigenvalue weighted by Crippen LogP contribution is 2.35. The molecule has 2 aliphatic rings. The van der Waals surface area contributed by atoms with Gasteiger partial charge >= 0.3 is 5.97 Å². The standard InChI is InChI=1S/C19H25N3O4/c1-15(23)26-14-19(13-17(24)21-10-2-3-11-21)7-4-12-22(19)18(25)16-5-8-20-9-6-16/h5-6,8-9H,2-4,7,10-14H2,1H3. The molecule has 1 unspecified atom stereocenters. The predicted molar refractivity (Wildman–Crippen MR) is 94.3 cm³/mol. The molecule has 0 N–H and O–H groups in total. The minimum atomic E-state index is -0.772. The molecule has 1 atom stereocenters. The SMILES string of the molecule is CC(=O)OCC1(CC(=O)N2CCCC2)CCCN1C(=O)c1ccncc1. The van der Waals surface area contributed by atoms with Crippen LogP contribution in [0.1, 0.15) is 49.4 Å². The van der Waals surface area contributed by atoms with Crippen molar-refractivity contribution in [3.8, 4) is 0 Å². The Hall–Kier alpha value is -2.44. The van der Waals surface area contributed by atoms with Crippen molar-refractivity contribution in [2.75, 3.05) is 26.2 Å². The third-order valence-corrected chi connectivity index (χ3v) is 5.25. The Morgan fingerprint density at radius 3 is 2.46 bits per heavy atom. The van der Waals surface area contributed by atoms with Gasteiger partial charge in [0, 0.05) is 44.5 Å². The molecule has 0 saturated carbocycles. The van der Waals surface area contributed by atoms with Crippen LogP contribution in [-0.2, 0) is 14.3 Å². The zero-order valence-electron chi connectivity index (χ0n) is 15.1. The summed E-state index contributed by atoms with van der Waals surface area (Å²) in [7, 11) is 0. The number of aromatic nitrogens is 1. The van der Waals surface area contributed by atoms with Gasteiger partial charge in [0.2, 0.25) is 5.91 Å². The average Bonchev–Trinajstić information content (AvgIpc) is 3.31. The first-order valence-corrected chi connectivity index (χ1v) is 9.15. The summed E-state index contributed by atoms with van der Waals surface area (Å²) in [6, 6.07) is 3.33. The molecule has 1 aromatic rings. The lowest BCUT2D eigenvalue weighted by molar-refractivity contribution is -0.147. The van der Waals surface area contributed by atoms with Gasteiger partial charge in [0.05, 0.1) is 12.0 Å². The number of nitrogens with zero attached hydrogens (tertiary/aromatic N) is 3. The molecule has 140 valence electrons. The van der Waals surface area contributed by atoms with Crippen molar-refractivity contribution in [3.05, 3.63) is 30.1 Å². The number of hydrogen-bond acceptors (Lipinski definition) is 5. The normalized spacial score (nSPS) is 22.5. The number of rotatable bonds is 5. The van der Waals surface area contributed by atoms with Crippen molar-refractivity contribution in [1.29, 1.82) is 0 Å². The number of ether oxygens (including phenoxy) is 1. The molecule has 26 heavy (non-hydrogen) atoms. The van der Waals surface area contributed by atoms with Crippen LogP contribution in [0.25, 0.3) is 0 Å². The Bertz CT molecular complexity index is 673. The lowest BCUT2D eigenvalue weighted by atomic mass is 9.91. The molecular weight excluding hydrogens is 334 g/mol. The minimum absolute atomic E-state index is 0.0316. The van der Waals surface area contributed by atoms with Crippen LogP contribution in [0.4, 0.5) is 0 Å². The van der Waals surface area contributed by atoms with Gasteiger partial charge in [0.15, 0.2) is 0 Å². The molecule has 7 nitrogen and oxygen atoms in total. The second-order valence-corrected chi connectivity index (χ2v) is 7.07. The molecular formula is C19H25N3O4. The van der Waals surface area contributed by atoms with Gasteiger partial charge in [-0.2, -0.15) is 0 Å². The summed E-state index contributed by atoms with van der Waals surface area (Å²) >= 11 is 0. The fourth-order valence-electron chi connectivity index (χ4n) is 3.89. The van der Waals surface area contributed by atoms with Crippen LogP contribution < -0.4 is 0 Å². The van der Waals surface area contributed by atoms with E-state index in [-0.39, 0.29) is 24.8 Å². The minimum Gasteiger partial charge on any atom is -0.463 e. The van der Waals surface area contributed by atoms with Crippen LogP contribution in [0.5, 0.6) is 0 Å². The van der Waals surface area contributed by atoms with Crippen LogP contribution in [-0.4, -0.2) is 64.3 Å². The van der Waals surface area contributed by atoms with E-state index in [0.29, 0.717) is 18.5 Å². The highest BCUT2D eigenvalue weighted by Gasteiger charge is 2.47. The molecule has 3 heterocycles. The summed E-state index contributed by atoms with van der Waals surface area (Å²) < 4.78 is 5.29. The highest BCUT2D eigenvalue weighted by molar-refractivity contribution is 5.95. The smallest absolute Gasteiger partial charge is 0.302 e. The molecule has 2 aliphatic heterocycles. The molecule has 0 bridgehead atoms. The molecule has 1 aromatic heterocycles. The zero-order chi connectivity index (χ0) is 18.6. The van der Waals surface area contributed by atoms with Crippen molar-refractivity contribution in [1.82, 2.24) is 14.8 Å². The second kappa shape index (κ2) is 7.85. The van der Waals surface area contributed by atoms with Crippen LogP contribution in [0.3, 0.4) is 0 Å². The Kier molecular flexibility index (Phi) is 5.54. The van der Waals surface area contributed by atoms with Crippen LogP contribution in [0.2, 0.25) is 0 Å². The van der Waals surface area contributed by atoms with Gasteiger partial charge < -0.3 is 14.5 Å². The highest BCUT2D eigenvalue weighted by atomic mass is 16.5. The molecule has 2 fully saturated rings. The van der Waals surface area contributed by atoms with Crippen molar-refractivity contribution in [2.24, 2.45) is 0 Å². The first-order chi connectivity index (χ1) is 12.5. The number of likely N-dealkylation sites (tertiary alicyclic amines) is 2. The van der Waals surface area contributed by atoms with Crippen molar-refractivity contribution >= 4 is 17.8 Å². The Balaban J connectivity index is 1.84. The van der Waals surface area contributed by atoms with E-state index in [1.165, 1.54) is 6.92 Å². The summed E-state index contributed by atoms with van der Waals surface area (Å²) in [5.74, 6) is -0.517. The molecule has 0 spiro atoms. The first-order valence-electron chi connectivity index (χ1n) is 9.15. The molecule has 2 saturated heterocycles. The molecule has 0 aromatic carbocycles. The summed E-state index contributed by atoms with van der Waals surface area (Å²) in [6.45, 7) is 3.48. The van der Waals surface area contributed by atoms with Crippen molar-refractivity contribution in [2.45, 2.75) is 44.6 Å². The summed E-state index contributed by atoms with van der Waals surface area (Å²) in [5.41, 5.74) is -0.242. The summed E-state index contributed by atoms with van der Waals surface area (Å²) in [6.07, 6.45) is 6.81. The van der Waals surface area contributed by atoms with E-state index in [1.807, 2.05) is 4.90 Å². The average molecular weight is 359 g/mol. The van der Waals surface area contributed by atoms with Gasteiger partial charge in [-0.1, -0.05) is 0 Å². The lowest BCUT2D eigenvalue weighted by Gasteiger charge is -2.38. The van der Waals surface area contributed by atoms with E-state index in [1.54, 1.807) is 29.4 Å². The van der Waals surface area contributed by atoms with Crippen LogP contribution in [0, 0.1) is 0 Å². The van der Waals surface area contributed by atoms with E-state index < -0.39 is 11.5 Å². The lowest BCUT2D eigenvalue weighted by Crippen LogP contribution is -2.53. The van der Waals surface area contributed by atoms with Crippen LogP contribution >= 0.6 is 0 Å². The van der Waals surface area contributed by atoms with Gasteiger partial charge in [-0.25, -0.2) is 0 Å². The van der Waals surface area contributed by atoms with E-state index in [4.69, 9.17) is 4.74 Å². The molecule has 0 aliphatic carbocycles. The maximum absolute atomic E-state index is 13.0. The van der Waals surface area contributed by atoms with E-state index in [0.717, 1.165) is 32.4 Å². The number of carbonyl (C=O) groups is 3. The maximum Gasteiger partial charge on any atom is 0.302 e. The zero-order valence-corrected chi connectivity index (χ0v) is 15.1. The van der Waals surface area contributed by atoms with Gasteiger partial charge in [-0.15, -0.1) is 0 Å². The number of esters is 1. The van der Waals surface area contributed by atoms with Crippen molar-refractivity contribution < 1.29 is 19.1 Å².